The standard InChI is InChI=1S/C14H16N6O3S/c21-13(16-14-17-15-10-24-14)9-18-5-7-19(8-6-18)11-1-3-12(4-2-11)20(22)23/h1-4,10H,5-9H2,(H,16,17,21). The molecular weight excluding hydrogens is 332 g/mol. The molecule has 24 heavy (non-hydrogen) atoms. The number of carbonyl (C=O) groups excluding carboxylic acids is 1. The lowest BCUT2D eigenvalue weighted by atomic mass is 10.2. The number of aromatic nitrogens is 2. The van der Waals surface area contributed by atoms with Gasteiger partial charge in [0.25, 0.3) is 5.69 Å². The summed E-state index contributed by atoms with van der Waals surface area (Å²) >= 11 is 1.29. The molecule has 0 unspecified atom stereocenters. The molecule has 1 aliphatic rings. The van der Waals surface area contributed by atoms with Crippen molar-refractivity contribution >= 4 is 33.8 Å². The van der Waals surface area contributed by atoms with Gasteiger partial charge in [-0.1, -0.05) is 11.3 Å². The van der Waals surface area contributed by atoms with Crippen molar-refractivity contribution in [2.45, 2.75) is 0 Å². The van der Waals surface area contributed by atoms with E-state index in [9.17, 15) is 14.9 Å². The first-order valence-electron chi connectivity index (χ1n) is 7.39. The second-order valence-electron chi connectivity index (χ2n) is 5.33. The van der Waals surface area contributed by atoms with Crippen LogP contribution in [-0.4, -0.2) is 58.7 Å². The monoisotopic (exact) mass is 348 g/mol. The van der Waals surface area contributed by atoms with E-state index in [4.69, 9.17) is 0 Å². The molecule has 2 heterocycles. The second kappa shape index (κ2) is 7.32. The molecule has 0 bridgehead atoms. The Morgan fingerprint density at radius 1 is 1.25 bits per heavy atom. The van der Waals surface area contributed by atoms with Crippen molar-refractivity contribution in [2.75, 3.05) is 42.9 Å². The van der Waals surface area contributed by atoms with Gasteiger partial charge in [-0.25, -0.2) is 0 Å². The van der Waals surface area contributed by atoms with Crippen LogP contribution >= 0.6 is 11.3 Å². The van der Waals surface area contributed by atoms with E-state index in [2.05, 4.69) is 25.3 Å². The Morgan fingerprint density at radius 2 is 1.96 bits per heavy atom. The van der Waals surface area contributed by atoms with Gasteiger partial charge in [-0.3, -0.25) is 25.1 Å². The normalized spacial score (nSPS) is 15.2. The number of nitrogens with zero attached hydrogens (tertiary/aromatic N) is 5. The summed E-state index contributed by atoms with van der Waals surface area (Å²) in [5, 5.41) is 21.4. The van der Waals surface area contributed by atoms with Gasteiger partial charge in [0.2, 0.25) is 11.0 Å². The van der Waals surface area contributed by atoms with E-state index in [1.54, 1.807) is 17.6 Å². The topological polar surface area (TPSA) is 104 Å². The Bertz CT molecular complexity index is 698. The van der Waals surface area contributed by atoms with E-state index in [0.29, 0.717) is 11.7 Å². The summed E-state index contributed by atoms with van der Waals surface area (Å²) < 4.78 is 0. The molecule has 0 radical (unpaired) electrons. The molecule has 0 spiro atoms. The number of nitro benzene ring substituents is 1. The summed E-state index contributed by atoms with van der Waals surface area (Å²) in [6, 6.07) is 6.54. The van der Waals surface area contributed by atoms with Crippen LogP contribution in [0.25, 0.3) is 0 Å². The lowest BCUT2D eigenvalue weighted by Gasteiger charge is -2.35. The molecule has 0 atom stereocenters. The summed E-state index contributed by atoms with van der Waals surface area (Å²) in [7, 11) is 0. The summed E-state index contributed by atoms with van der Waals surface area (Å²) in [6.45, 7) is 3.35. The predicted molar refractivity (Wildman–Crippen MR) is 90.3 cm³/mol. The molecule has 1 aromatic heterocycles. The highest BCUT2D eigenvalue weighted by molar-refractivity contribution is 7.13. The van der Waals surface area contributed by atoms with Crippen LogP contribution in [0.4, 0.5) is 16.5 Å². The van der Waals surface area contributed by atoms with Crippen LogP contribution in [0.2, 0.25) is 0 Å². The van der Waals surface area contributed by atoms with Gasteiger partial charge in [-0.15, -0.1) is 10.2 Å². The first-order valence-corrected chi connectivity index (χ1v) is 8.27. The number of piperazine rings is 1. The molecular formula is C14H16N6O3S. The number of nitro groups is 1. The number of benzene rings is 1. The van der Waals surface area contributed by atoms with Gasteiger partial charge in [0.15, 0.2) is 0 Å². The van der Waals surface area contributed by atoms with Gasteiger partial charge in [-0.2, -0.15) is 0 Å². The fraction of sp³-hybridized carbons (Fsp3) is 0.357. The quantitative estimate of drug-likeness (QED) is 0.639. The van der Waals surface area contributed by atoms with Crippen molar-refractivity contribution in [1.82, 2.24) is 15.1 Å². The number of non-ortho nitro benzene ring substituents is 1. The molecule has 1 fully saturated rings. The van der Waals surface area contributed by atoms with Crippen LogP contribution in [0.1, 0.15) is 0 Å². The molecule has 9 nitrogen and oxygen atoms in total. The third kappa shape index (κ3) is 4.03. The molecule has 1 N–H and O–H groups in total. The third-order valence-corrected chi connectivity index (χ3v) is 4.38. The van der Waals surface area contributed by atoms with Gasteiger partial charge in [0.05, 0.1) is 11.5 Å². The van der Waals surface area contributed by atoms with Gasteiger partial charge < -0.3 is 4.90 Å². The molecule has 3 rings (SSSR count). The Morgan fingerprint density at radius 3 is 2.54 bits per heavy atom. The second-order valence-corrected chi connectivity index (χ2v) is 6.16. The Hall–Kier alpha value is -2.59. The maximum Gasteiger partial charge on any atom is 0.269 e. The van der Waals surface area contributed by atoms with Gasteiger partial charge in [-0.05, 0) is 12.1 Å². The molecule has 1 saturated heterocycles. The molecule has 2 aromatic rings. The minimum Gasteiger partial charge on any atom is -0.369 e. The Kier molecular flexibility index (Phi) is 4.96. The average molecular weight is 348 g/mol. The lowest BCUT2D eigenvalue weighted by Crippen LogP contribution is -2.48. The van der Waals surface area contributed by atoms with Crippen molar-refractivity contribution in [1.29, 1.82) is 0 Å². The van der Waals surface area contributed by atoms with Crippen molar-refractivity contribution in [3.8, 4) is 0 Å². The first-order chi connectivity index (χ1) is 11.6. The fourth-order valence-corrected chi connectivity index (χ4v) is 3.00. The number of amides is 1. The highest BCUT2D eigenvalue weighted by Crippen LogP contribution is 2.20. The third-order valence-electron chi connectivity index (χ3n) is 3.77. The van der Waals surface area contributed by atoms with Gasteiger partial charge in [0.1, 0.15) is 5.51 Å². The molecule has 1 aromatic carbocycles. The number of hydrogen-bond acceptors (Lipinski definition) is 8. The maximum atomic E-state index is 11.9. The average Bonchev–Trinajstić information content (AvgIpc) is 3.08. The van der Waals surface area contributed by atoms with Crippen LogP contribution in [0.5, 0.6) is 0 Å². The van der Waals surface area contributed by atoms with Gasteiger partial charge in [0, 0.05) is 44.0 Å². The smallest absolute Gasteiger partial charge is 0.269 e. The molecule has 0 aliphatic carbocycles. The van der Waals surface area contributed by atoms with Crippen LogP contribution < -0.4 is 10.2 Å². The fourth-order valence-electron chi connectivity index (χ4n) is 2.54. The maximum absolute atomic E-state index is 11.9. The zero-order chi connectivity index (χ0) is 16.9. The molecule has 126 valence electrons. The SMILES string of the molecule is O=C(CN1CCN(c2ccc([N+](=O)[O-])cc2)CC1)Nc1nncs1. The minimum atomic E-state index is -0.404. The predicted octanol–water partition coefficient (Wildman–Crippen LogP) is 1.21. The van der Waals surface area contributed by atoms with E-state index in [-0.39, 0.29) is 11.6 Å². The van der Waals surface area contributed by atoms with Crippen molar-refractivity contribution in [3.05, 3.63) is 39.9 Å². The van der Waals surface area contributed by atoms with Crippen LogP contribution in [0.3, 0.4) is 0 Å². The van der Waals surface area contributed by atoms with Gasteiger partial charge >= 0.3 is 0 Å². The van der Waals surface area contributed by atoms with Crippen LogP contribution in [-0.2, 0) is 4.79 Å². The largest absolute Gasteiger partial charge is 0.369 e. The zero-order valence-corrected chi connectivity index (χ0v) is 13.6. The highest BCUT2D eigenvalue weighted by atomic mass is 32.1. The summed E-state index contributed by atoms with van der Waals surface area (Å²) in [6.07, 6.45) is 0. The van der Waals surface area contributed by atoms with E-state index in [1.165, 1.54) is 23.5 Å². The summed E-state index contributed by atoms with van der Waals surface area (Å²) in [4.78, 5) is 26.4. The van der Waals surface area contributed by atoms with E-state index in [1.807, 2.05) is 0 Å². The Labute approximate surface area is 142 Å². The van der Waals surface area contributed by atoms with Crippen molar-refractivity contribution < 1.29 is 9.72 Å². The minimum absolute atomic E-state index is 0.0886. The van der Waals surface area contributed by atoms with Crippen LogP contribution in [0.15, 0.2) is 29.8 Å². The lowest BCUT2D eigenvalue weighted by molar-refractivity contribution is -0.384. The number of nitrogens with one attached hydrogen (secondary N) is 1. The summed E-state index contributed by atoms with van der Waals surface area (Å²) in [5.74, 6) is -0.101. The first kappa shape index (κ1) is 16.3. The Balaban J connectivity index is 1.48. The molecule has 10 heteroatoms. The van der Waals surface area contributed by atoms with Crippen molar-refractivity contribution in [3.63, 3.8) is 0 Å². The molecule has 1 amide bonds. The van der Waals surface area contributed by atoms with E-state index >= 15 is 0 Å². The van der Waals surface area contributed by atoms with E-state index in [0.717, 1.165) is 31.9 Å². The van der Waals surface area contributed by atoms with E-state index < -0.39 is 4.92 Å². The number of carbonyl (C=O) groups is 1. The number of rotatable bonds is 5. The summed E-state index contributed by atoms with van der Waals surface area (Å²) in [5.41, 5.74) is 2.61. The zero-order valence-electron chi connectivity index (χ0n) is 12.8. The molecule has 0 saturated carbocycles. The number of hydrogen-bond donors (Lipinski definition) is 1. The molecule has 1 aliphatic heterocycles. The number of anilines is 2. The van der Waals surface area contributed by atoms with Crippen LogP contribution in [0, 0.1) is 10.1 Å². The van der Waals surface area contributed by atoms with Crippen molar-refractivity contribution in [2.24, 2.45) is 0 Å². The highest BCUT2D eigenvalue weighted by Gasteiger charge is 2.20.